The molecule has 0 bridgehead atoms. The quantitative estimate of drug-likeness (QED) is 0.553. The summed E-state index contributed by atoms with van der Waals surface area (Å²) in [5.41, 5.74) is 0. The van der Waals surface area contributed by atoms with E-state index in [1.807, 2.05) is 0 Å². The van der Waals surface area contributed by atoms with Crippen LogP contribution < -0.4 is 0 Å². The highest BCUT2D eigenvalue weighted by molar-refractivity contribution is 6.50. The molecule has 0 aliphatic heterocycles. The maximum atomic E-state index is 12.3. The van der Waals surface area contributed by atoms with Crippen LogP contribution in [0.3, 0.4) is 0 Å². The van der Waals surface area contributed by atoms with E-state index in [0.717, 1.165) is 0 Å². The highest BCUT2D eigenvalue weighted by Crippen LogP contribution is 2.68. The molecule has 2 fully saturated rings. The molecule has 0 aromatic carbocycles. The third-order valence-corrected chi connectivity index (χ3v) is 3.10. The molecule has 0 spiro atoms. The summed E-state index contributed by atoms with van der Waals surface area (Å²) in [6.45, 7) is 0. The fourth-order valence-corrected chi connectivity index (χ4v) is 1.98. The highest BCUT2D eigenvalue weighted by Gasteiger charge is 2.70. The van der Waals surface area contributed by atoms with E-state index >= 15 is 0 Å². The van der Waals surface area contributed by atoms with Crippen LogP contribution >= 0.6 is 23.2 Å². The molecule has 2 saturated carbocycles. The summed E-state index contributed by atoms with van der Waals surface area (Å²) >= 11 is 11.2. The lowest BCUT2D eigenvalue weighted by Crippen LogP contribution is -2.00. The van der Waals surface area contributed by atoms with Crippen LogP contribution in [0.5, 0.6) is 0 Å². The zero-order chi connectivity index (χ0) is 7.57. The first-order valence-corrected chi connectivity index (χ1v) is 3.95. The predicted octanol–water partition coefficient (Wildman–Crippen LogP) is 2.84. The molecule has 2 aliphatic carbocycles. The van der Waals surface area contributed by atoms with Crippen molar-refractivity contribution in [3.63, 3.8) is 0 Å². The Hall–Kier alpha value is 0.440. The van der Waals surface area contributed by atoms with Gasteiger partial charge in [0.05, 0.1) is 0 Å². The summed E-state index contributed by atoms with van der Waals surface area (Å²) in [4.78, 5) is 0. The van der Waals surface area contributed by atoms with Crippen LogP contribution in [0.2, 0.25) is 0 Å². The van der Waals surface area contributed by atoms with E-state index in [-0.39, 0.29) is 12.3 Å². The first-order valence-electron chi connectivity index (χ1n) is 3.19. The fourth-order valence-electron chi connectivity index (χ4n) is 1.34. The molecule has 0 heterocycles. The molecule has 2 unspecified atom stereocenters. The van der Waals surface area contributed by atoms with Crippen LogP contribution in [0.25, 0.3) is 0 Å². The minimum absolute atomic E-state index is 0.0150. The summed E-state index contributed by atoms with van der Waals surface area (Å²) in [5.74, 6) is -3.13. The first kappa shape index (κ1) is 7.11. The molecule has 2 aliphatic rings. The Morgan fingerprint density at radius 2 is 1.50 bits per heavy atom. The Bertz CT molecular complexity index is 159. The molecule has 0 aromatic rings. The van der Waals surface area contributed by atoms with Gasteiger partial charge in [0, 0.05) is 18.3 Å². The van der Waals surface area contributed by atoms with E-state index in [9.17, 15) is 8.78 Å². The Morgan fingerprint density at radius 3 is 1.60 bits per heavy atom. The molecular formula is C6H6Cl2F2. The zero-order valence-corrected chi connectivity index (χ0v) is 6.59. The average Bonchev–Trinajstić information content (AvgIpc) is 2.49. The van der Waals surface area contributed by atoms with Crippen molar-refractivity contribution >= 4 is 23.2 Å². The van der Waals surface area contributed by atoms with E-state index in [4.69, 9.17) is 23.2 Å². The lowest BCUT2D eigenvalue weighted by Gasteiger charge is -1.95. The topological polar surface area (TPSA) is 0 Å². The van der Waals surface area contributed by atoms with Gasteiger partial charge in [0.25, 0.3) is 5.92 Å². The van der Waals surface area contributed by atoms with Crippen LogP contribution in [-0.2, 0) is 0 Å². The molecule has 0 radical (unpaired) electrons. The Morgan fingerprint density at radius 1 is 1.10 bits per heavy atom. The van der Waals surface area contributed by atoms with Crippen molar-refractivity contribution in [2.75, 3.05) is 0 Å². The van der Waals surface area contributed by atoms with Gasteiger partial charge in [0.1, 0.15) is 4.33 Å². The maximum absolute atomic E-state index is 12.3. The van der Waals surface area contributed by atoms with Crippen LogP contribution in [0, 0.1) is 11.8 Å². The molecular weight excluding hydrogens is 181 g/mol. The van der Waals surface area contributed by atoms with Gasteiger partial charge in [-0.3, -0.25) is 0 Å². The SMILES string of the molecule is FC1(F)CC1C1CC1(Cl)Cl. The largest absolute Gasteiger partial charge is 0.252 e. The van der Waals surface area contributed by atoms with E-state index < -0.39 is 16.2 Å². The maximum Gasteiger partial charge on any atom is 0.252 e. The predicted molar refractivity (Wildman–Crippen MR) is 35.6 cm³/mol. The molecule has 4 heteroatoms. The highest BCUT2D eigenvalue weighted by atomic mass is 35.5. The van der Waals surface area contributed by atoms with Crippen LogP contribution in [0.4, 0.5) is 8.78 Å². The smallest absolute Gasteiger partial charge is 0.207 e. The van der Waals surface area contributed by atoms with Crippen LogP contribution in [0.1, 0.15) is 12.8 Å². The summed E-state index contributed by atoms with van der Waals surface area (Å²) in [7, 11) is 0. The van der Waals surface area contributed by atoms with Gasteiger partial charge in [-0.25, -0.2) is 8.78 Å². The minimum Gasteiger partial charge on any atom is -0.207 e. The normalized spacial score (nSPS) is 46.8. The molecule has 2 atom stereocenters. The molecule has 0 nitrogen and oxygen atoms in total. The molecule has 0 aromatic heterocycles. The molecule has 10 heavy (non-hydrogen) atoms. The Kier molecular flexibility index (Phi) is 1.14. The van der Waals surface area contributed by atoms with Crippen molar-refractivity contribution in [3.05, 3.63) is 0 Å². The van der Waals surface area contributed by atoms with Gasteiger partial charge in [-0.05, 0) is 6.42 Å². The molecule has 0 N–H and O–H groups in total. The summed E-state index contributed by atoms with van der Waals surface area (Å²) in [5, 5.41) is 0. The number of hydrogen-bond donors (Lipinski definition) is 0. The number of hydrogen-bond acceptors (Lipinski definition) is 0. The second-order valence-electron chi connectivity index (χ2n) is 3.14. The van der Waals surface area contributed by atoms with Gasteiger partial charge in [-0.2, -0.15) is 0 Å². The lowest BCUT2D eigenvalue weighted by atomic mass is 10.3. The van der Waals surface area contributed by atoms with Gasteiger partial charge in [-0.15, -0.1) is 23.2 Å². The van der Waals surface area contributed by atoms with Crippen LogP contribution in [0.15, 0.2) is 0 Å². The van der Waals surface area contributed by atoms with Crippen molar-refractivity contribution in [2.24, 2.45) is 11.8 Å². The minimum atomic E-state index is -2.46. The zero-order valence-electron chi connectivity index (χ0n) is 5.08. The van der Waals surface area contributed by atoms with Gasteiger partial charge in [0.15, 0.2) is 0 Å². The van der Waals surface area contributed by atoms with Gasteiger partial charge in [0.2, 0.25) is 0 Å². The van der Waals surface area contributed by atoms with Crippen LogP contribution in [-0.4, -0.2) is 10.3 Å². The molecule has 0 saturated heterocycles. The van der Waals surface area contributed by atoms with E-state index in [1.165, 1.54) is 0 Å². The van der Waals surface area contributed by atoms with Crippen molar-refractivity contribution in [1.82, 2.24) is 0 Å². The fraction of sp³-hybridized carbons (Fsp3) is 1.00. The summed E-state index contributed by atoms with van der Waals surface area (Å²) < 4.78 is 23.8. The Labute approximate surface area is 67.5 Å². The third kappa shape index (κ3) is 0.928. The standard InChI is InChI=1S/C6H6Cl2F2/c7-5(8)1-3(5)4-2-6(4,9)10/h3-4H,1-2H2. The average molecular weight is 187 g/mol. The molecule has 2 rings (SSSR count). The number of alkyl halides is 4. The van der Waals surface area contributed by atoms with Crippen molar-refractivity contribution in [3.8, 4) is 0 Å². The number of halogens is 4. The first-order chi connectivity index (χ1) is 4.43. The van der Waals surface area contributed by atoms with Gasteiger partial charge in [-0.1, -0.05) is 0 Å². The summed E-state index contributed by atoms with van der Waals surface area (Å²) in [6.07, 6.45) is 0.523. The monoisotopic (exact) mass is 186 g/mol. The molecule has 58 valence electrons. The van der Waals surface area contributed by atoms with E-state index in [2.05, 4.69) is 0 Å². The van der Waals surface area contributed by atoms with Gasteiger partial charge < -0.3 is 0 Å². The Balaban J connectivity index is 1.96. The summed E-state index contributed by atoms with van der Waals surface area (Å²) in [6, 6.07) is 0. The third-order valence-electron chi connectivity index (χ3n) is 2.23. The second kappa shape index (κ2) is 1.61. The lowest BCUT2D eigenvalue weighted by molar-refractivity contribution is 0.0941. The van der Waals surface area contributed by atoms with E-state index in [1.54, 1.807) is 0 Å². The molecule has 0 amide bonds. The van der Waals surface area contributed by atoms with Crippen molar-refractivity contribution in [1.29, 1.82) is 0 Å². The second-order valence-corrected chi connectivity index (χ2v) is 4.69. The van der Waals surface area contributed by atoms with Crippen molar-refractivity contribution < 1.29 is 8.78 Å². The van der Waals surface area contributed by atoms with E-state index in [0.29, 0.717) is 6.42 Å². The van der Waals surface area contributed by atoms with Crippen molar-refractivity contribution in [2.45, 2.75) is 23.1 Å². The van der Waals surface area contributed by atoms with Gasteiger partial charge >= 0.3 is 0 Å². The number of rotatable bonds is 1.